The lowest BCUT2D eigenvalue weighted by Gasteiger charge is -2.26. The SMILES string of the molecule is O=C1[C@H](N[C@H]2CCc3ccccc32)C[C@H](c2cccc(I)c2)N1c1ccc(C(F)(F)F)cc1. The third kappa shape index (κ3) is 4.40. The number of rotatable bonds is 4. The van der Waals surface area contributed by atoms with E-state index in [0.717, 1.165) is 34.1 Å². The highest BCUT2D eigenvalue weighted by Gasteiger charge is 2.43. The van der Waals surface area contributed by atoms with Crippen LogP contribution in [0.1, 0.15) is 47.2 Å². The fourth-order valence-electron chi connectivity index (χ4n) is 4.98. The quantitative estimate of drug-likeness (QED) is 0.372. The van der Waals surface area contributed by atoms with Gasteiger partial charge < -0.3 is 4.90 Å². The van der Waals surface area contributed by atoms with Crippen LogP contribution in [0.15, 0.2) is 72.8 Å². The van der Waals surface area contributed by atoms with Crippen LogP contribution in [0.2, 0.25) is 0 Å². The molecule has 0 radical (unpaired) electrons. The molecule has 1 saturated heterocycles. The highest BCUT2D eigenvalue weighted by molar-refractivity contribution is 14.1. The summed E-state index contributed by atoms with van der Waals surface area (Å²) in [4.78, 5) is 15.3. The van der Waals surface area contributed by atoms with Crippen LogP contribution < -0.4 is 10.2 Å². The summed E-state index contributed by atoms with van der Waals surface area (Å²) in [5.74, 6) is -0.108. The van der Waals surface area contributed by atoms with Crippen LogP contribution in [-0.2, 0) is 17.4 Å². The summed E-state index contributed by atoms with van der Waals surface area (Å²) in [6.07, 6.45) is -1.96. The number of nitrogens with one attached hydrogen (secondary N) is 1. The van der Waals surface area contributed by atoms with Gasteiger partial charge in [-0.15, -0.1) is 0 Å². The summed E-state index contributed by atoms with van der Waals surface area (Å²) in [5.41, 5.74) is 3.26. The van der Waals surface area contributed by atoms with Crippen molar-refractivity contribution < 1.29 is 18.0 Å². The van der Waals surface area contributed by atoms with E-state index < -0.39 is 17.8 Å². The molecule has 0 unspecified atom stereocenters. The minimum Gasteiger partial charge on any atom is -0.304 e. The topological polar surface area (TPSA) is 32.3 Å². The second-order valence-electron chi connectivity index (χ2n) is 8.57. The molecule has 3 nitrogen and oxygen atoms in total. The van der Waals surface area contributed by atoms with Crippen molar-refractivity contribution in [1.82, 2.24) is 5.32 Å². The molecule has 1 N–H and O–H groups in total. The van der Waals surface area contributed by atoms with Gasteiger partial charge in [-0.2, -0.15) is 13.2 Å². The van der Waals surface area contributed by atoms with Crippen molar-refractivity contribution in [2.45, 2.75) is 43.6 Å². The predicted octanol–water partition coefficient (Wildman–Crippen LogP) is 6.43. The fourth-order valence-corrected chi connectivity index (χ4v) is 5.55. The van der Waals surface area contributed by atoms with Crippen molar-refractivity contribution in [2.75, 3.05) is 4.90 Å². The van der Waals surface area contributed by atoms with E-state index in [1.54, 1.807) is 4.90 Å². The van der Waals surface area contributed by atoms with Gasteiger partial charge in [-0.1, -0.05) is 36.4 Å². The number of carbonyl (C=O) groups is 1. The molecular weight excluding hydrogens is 540 g/mol. The summed E-state index contributed by atoms with van der Waals surface area (Å²) in [6, 6.07) is 20.5. The van der Waals surface area contributed by atoms with E-state index in [0.29, 0.717) is 12.1 Å². The predicted molar refractivity (Wildman–Crippen MR) is 130 cm³/mol. The van der Waals surface area contributed by atoms with Crippen molar-refractivity contribution in [3.05, 3.63) is 98.6 Å². The Kier molecular flexibility index (Phi) is 5.95. The Hall–Kier alpha value is -2.39. The largest absolute Gasteiger partial charge is 0.416 e. The maximum Gasteiger partial charge on any atom is 0.416 e. The first-order valence-corrected chi connectivity index (χ1v) is 12.0. The number of hydrogen-bond donors (Lipinski definition) is 1. The molecule has 170 valence electrons. The van der Waals surface area contributed by atoms with Gasteiger partial charge in [0.2, 0.25) is 5.91 Å². The minimum atomic E-state index is -4.41. The van der Waals surface area contributed by atoms with Crippen LogP contribution in [0.25, 0.3) is 0 Å². The molecule has 3 aromatic rings. The first-order valence-electron chi connectivity index (χ1n) is 10.9. The molecule has 1 aliphatic carbocycles. The molecule has 0 aromatic heterocycles. The monoisotopic (exact) mass is 562 g/mol. The van der Waals surface area contributed by atoms with Crippen LogP contribution in [0.5, 0.6) is 0 Å². The maximum absolute atomic E-state index is 13.6. The van der Waals surface area contributed by atoms with Crippen LogP contribution in [0, 0.1) is 3.57 Å². The lowest BCUT2D eigenvalue weighted by atomic mass is 10.0. The van der Waals surface area contributed by atoms with E-state index in [4.69, 9.17) is 0 Å². The number of amides is 1. The molecule has 0 bridgehead atoms. The standard InChI is InChI=1S/C26H22F3IN2O/c27-26(28,29)18-9-11-20(12-10-18)32-24(17-5-3-6-19(30)14-17)15-23(25(32)33)31-22-13-8-16-4-1-2-7-21(16)22/h1-7,9-12,14,22-24,31H,8,13,15H2/t22-,23+,24+/m0/s1. The zero-order valence-electron chi connectivity index (χ0n) is 17.6. The summed E-state index contributed by atoms with van der Waals surface area (Å²) < 4.78 is 40.3. The van der Waals surface area contributed by atoms with Crippen LogP contribution in [0.3, 0.4) is 0 Å². The number of benzene rings is 3. The van der Waals surface area contributed by atoms with Gasteiger partial charge in [0.05, 0.1) is 17.6 Å². The Morgan fingerprint density at radius 2 is 1.70 bits per heavy atom. The van der Waals surface area contributed by atoms with Crippen molar-refractivity contribution in [3.63, 3.8) is 0 Å². The Balaban J connectivity index is 1.47. The molecule has 3 aromatic carbocycles. The first-order chi connectivity index (χ1) is 15.8. The highest BCUT2D eigenvalue weighted by Crippen LogP contribution is 2.41. The third-order valence-corrected chi connectivity index (χ3v) is 7.22. The second-order valence-corrected chi connectivity index (χ2v) is 9.81. The smallest absolute Gasteiger partial charge is 0.304 e. The lowest BCUT2D eigenvalue weighted by Crippen LogP contribution is -2.40. The number of fused-ring (bicyclic) bond motifs is 1. The van der Waals surface area contributed by atoms with Gasteiger partial charge in [-0.25, -0.2) is 0 Å². The summed E-state index contributed by atoms with van der Waals surface area (Å²) in [6.45, 7) is 0. The van der Waals surface area contributed by atoms with Gasteiger partial charge in [0.15, 0.2) is 0 Å². The average molecular weight is 562 g/mol. The fraction of sp³-hybridized carbons (Fsp3) is 0.269. The summed E-state index contributed by atoms with van der Waals surface area (Å²) in [7, 11) is 0. The number of anilines is 1. The maximum atomic E-state index is 13.6. The minimum absolute atomic E-state index is 0.0965. The Morgan fingerprint density at radius 3 is 2.42 bits per heavy atom. The van der Waals surface area contributed by atoms with Crippen molar-refractivity contribution >= 4 is 34.2 Å². The van der Waals surface area contributed by atoms with E-state index in [9.17, 15) is 18.0 Å². The van der Waals surface area contributed by atoms with Gasteiger partial charge >= 0.3 is 6.18 Å². The van der Waals surface area contributed by atoms with E-state index in [1.807, 2.05) is 36.4 Å². The van der Waals surface area contributed by atoms with E-state index in [1.165, 1.54) is 23.3 Å². The van der Waals surface area contributed by atoms with E-state index in [-0.39, 0.29) is 18.0 Å². The Labute approximate surface area is 204 Å². The number of hydrogen-bond acceptors (Lipinski definition) is 2. The molecule has 33 heavy (non-hydrogen) atoms. The summed E-state index contributed by atoms with van der Waals surface area (Å²) >= 11 is 2.23. The van der Waals surface area contributed by atoms with Crippen molar-refractivity contribution in [2.24, 2.45) is 0 Å². The van der Waals surface area contributed by atoms with Gasteiger partial charge in [0.1, 0.15) is 0 Å². The Bertz CT molecular complexity index is 1180. The van der Waals surface area contributed by atoms with E-state index >= 15 is 0 Å². The molecule has 7 heteroatoms. The molecule has 1 amide bonds. The molecule has 1 heterocycles. The molecular formula is C26H22F3IN2O. The third-order valence-electron chi connectivity index (χ3n) is 6.55. The molecule has 0 spiro atoms. The highest BCUT2D eigenvalue weighted by atomic mass is 127. The van der Waals surface area contributed by atoms with Crippen molar-refractivity contribution in [3.8, 4) is 0 Å². The van der Waals surface area contributed by atoms with Gasteiger partial charge in [-0.3, -0.25) is 10.1 Å². The molecule has 5 rings (SSSR count). The number of nitrogens with zero attached hydrogens (tertiary/aromatic N) is 1. The second kappa shape index (κ2) is 8.76. The number of halogens is 4. The molecule has 1 fully saturated rings. The number of alkyl halides is 3. The van der Waals surface area contributed by atoms with Crippen LogP contribution in [-0.4, -0.2) is 11.9 Å². The normalized spacial score (nSPS) is 22.6. The average Bonchev–Trinajstić information content (AvgIpc) is 3.35. The molecule has 2 aliphatic rings. The first kappa shape index (κ1) is 22.4. The lowest BCUT2D eigenvalue weighted by molar-refractivity contribution is -0.137. The Morgan fingerprint density at radius 1 is 0.939 bits per heavy atom. The van der Waals surface area contributed by atoms with E-state index in [2.05, 4.69) is 40.0 Å². The zero-order valence-corrected chi connectivity index (χ0v) is 19.8. The molecule has 1 aliphatic heterocycles. The van der Waals surface area contributed by atoms with Gasteiger partial charge in [0, 0.05) is 15.3 Å². The number of aryl methyl sites for hydroxylation is 1. The summed E-state index contributed by atoms with van der Waals surface area (Å²) in [5, 5.41) is 3.56. The molecule has 0 saturated carbocycles. The van der Waals surface area contributed by atoms with Crippen molar-refractivity contribution in [1.29, 1.82) is 0 Å². The number of carbonyl (C=O) groups excluding carboxylic acids is 1. The van der Waals surface area contributed by atoms with Gasteiger partial charge in [-0.05, 0) is 94.9 Å². The molecule has 3 atom stereocenters. The van der Waals surface area contributed by atoms with Gasteiger partial charge in [0.25, 0.3) is 0 Å². The van der Waals surface area contributed by atoms with Crippen LogP contribution in [0.4, 0.5) is 18.9 Å². The van der Waals surface area contributed by atoms with Crippen LogP contribution >= 0.6 is 22.6 Å². The zero-order chi connectivity index (χ0) is 23.2.